The lowest BCUT2D eigenvalue weighted by atomic mass is 9.67. The highest BCUT2D eigenvalue weighted by molar-refractivity contribution is 6.11. The van der Waals surface area contributed by atoms with Gasteiger partial charge in [-0.15, -0.1) is 0 Å². The van der Waals surface area contributed by atoms with Gasteiger partial charge in [-0.1, -0.05) is 42.0 Å². The summed E-state index contributed by atoms with van der Waals surface area (Å²) in [5.74, 6) is -1.14. The van der Waals surface area contributed by atoms with Crippen LogP contribution in [0.2, 0.25) is 0 Å². The number of imide groups is 1. The van der Waals surface area contributed by atoms with Crippen molar-refractivity contribution in [1.82, 2.24) is 4.90 Å². The van der Waals surface area contributed by atoms with E-state index in [1.807, 2.05) is 37.3 Å². The molecule has 0 bridgehead atoms. The summed E-state index contributed by atoms with van der Waals surface area (Å²) in [6, 6.07) is 13.7. The van der Waals surface area contributed by atoms with Crippen LogP contribution in [0.5, 0.6) is 0 Å². The highest BCUT2D eigenvalue weighted by atomic mass is 16.3. The lowest BCUT2D eigenvalue weighted by molar-refractivity contribution is -0.132. The van der Waals surface area contributed by atoms with Gasteiger partial charge < -0.3 is 5.11 Å². The Balaban J connectivity index is 1.81. The van der Waals surface area contributed by atoms with Crippen molar-refractivity contribution >= 4 is 11.8 Å². The summed E-state index contributed by atoms with van der Waals surface area (Å²) < 4.78 is 0. The minimum absolute atomic E-state index is 0.207. The highest BCUT2D eigenvalue weighted by Crippen LogP contribution is 2.43. The molecular weight excluding hydrogens is 314 g/mol. The first kappa shape index (κ1) is 16.0. The average Bonchev–Trinajstić information content (AvgIpc) is 2.59. The van der Waals surface area contributed by atoms with E-state index < -0.39 is 12.0 Å². The van der Waals surface area contributed by atoms with Gasteiger partial charge in [-0.25, -0.2) is 0 Å². The number of carbonyl (C=O) groups excluding carboxylic acids is 2. The maximum atomic E-state index is 12.9. The molecule has 0 aromatic heterocycles. The number of carbonyl (C=O) groups is 2. The summed E-state index contributed by atoms with van der Waals surface area (Å²) in [6.45, 7) is 2.03. The summed E-state index contributed by atoms with van der Waals surface area (Å²) in [5, 5.41) is 10.8. The molecule has 3 atom stereocenters. The maximum Gasteiger partial charge on any atom is 0.260 e. The maximum absolute atomic E-state index is 12.9. The zero-order valence-electron chi connectivity index (χ0n) is 14.4. The largest absolute Gasteiger partial charge is 0.392 e. The lowest BCUT2D eigenvalue weighted by Gasteiger charge is -2.41. The van der Waals surface area contributed by atoms with Crippen LogP contribution < -0.4 is 0 Å². The second-order valence-corrected chi connectivity index (χ2v) is 7.19. The van der Waals surface area contributed by atoms with Crippen LogP contribution >= 0.6 is 0 Å². The summed E-state index contributed by atoms with van der Waals surface area (Å²) in [6.07, 6.45) is 0.508. The van der Waals surface area contributed by atoms with Gasteiger partial charge in [0.25, 0.3) is 5.91 Å². The third-order valence-electron chi connectivity index (χ3n) is 5.54. The van der Waals surface area contributed by atoms with E-state index in [2.05, 4.69) is 6.07 Å². The van der Waals surface area contributed by atoms with Crippen molar-refractivity contribution in [2.75, 3.05) is 7.05 Å². The van der Waals surface area contributed by atoms with E-state index >= 15 is 0 Å². The molecule has 4 heteroatoms. The summed E-state index contributed by atoms with van der Waals surface area (Å²) in [5.41, 5.74) is 4.62. The van der Waals surface area contributed by atoms with Gasteiger partial charge in [-0.3, -0.25) is 14.5 Å². The van der Waals surface area contributed by atoms with Crippen LogP contribution in [0.3, 0.4) is 0 Å². The molecule has 0 fully saturated rings. The predicted molar refractivity (Wildman–Crippen MR) is 94.4 cm³/mol. The molecular formula is C21H21NO3. The lowest BCUT2D eigenvalue weighted by Crippen LogP contribution is -2.50. The quantitative estimate of drug-likeness (QED) is 0.858. The first-order valence-electron chi connectivity index (χ1n) is 8.64. The van der Waals surface area contributed by atoms with E-state index in [0.29, 0.717) is 18.4 Å². The molecule has 128 valence electrons. The van der Waals surface area contributed by atoms with Crippen molar-refractivity contribution in [3.63, 3.8) is 0 Å². The minimum Gasteiger partial charge on any atom is -0.392 e. The van der Waals surface area contributed by atoms with Crippen molar-refractivity contribution in [2.45, 2.75) is 31.8 Å². The molecule has 1 N–H and O–H groups in total. The van der Waals surface area contributed by atoms with Gasteiger partial charge in [-0.05, 0) is 42.5 Å². The molecule has 25 heavy (non-hydrogen) atoms. The number of hydrogen-bond acceptors (Lipinski definition) is 3. The zero-order chi connectivity index (χ0) is 17.7. The van der Waals surface area contributed by atoms with Gasteiger partial charge in [0.15, 0.2) is 0 Å². The van der Waals surface area contributed by atoms with Crippen LogP contribution in [-0.2, 0) is 17.6 Å². The number of aliphatic hydroxyl groups is 1. The molecule has 0 saturated carbocycles. The molecule has 4 rings (SSSR count). The monoisotopic (exact) mass is 335 g/mol. The number of likely N-dealkylation sites (N-methyl/N-ethyl adjacent to an activating group) is 1. The number of benzene rings is 2. The molecule has 0 saturated heterocycles. The molecule has 0 spiro atoms. The topological polar surface area (TPSA) is 57.6 Å². The van der Waals surface area contributed by atoms with Crippen LogP contribution in [0, 0.1) is 12.8 Å². The highest BCUT2D eigenvalue weighted by Gasteiger charge is 2.47. The summed E-state index contributed by atoms with van der Waals surface area (Å²) >= 11 is 0. The molecule has 1 heterocycles. The van der Waals surface area contributed by atoms with E-state index in [9.17, 15) is 14.7 Å². The Morgan fingerprint density at radius 2 is 1.92 bits per heavy atom. The molecule has 2 amide bonds. The Hall–Kier alpha value is -2.46. The third kappa shape index (κ3) is 2.48. The van der Waals surface area contributed by atoms with Crippen molar-refractivity contribution in [3.8, 4) is 0 Å². The van der Waals surface area contributed by atoms with Crippen molar-refractivity contribution in [2.24, 2.45) is 5.92 Å². The smallest absolute Gasteiger partial charge is 0.260 e. The Morgan fingerprint density at radius 3 is 2.68 bits per heavy atom. The van der Waals surface area contributed by atoms with E-state index in [-0.39, 0.29) is 17.7 Å². The summed E-state index contributed by atoms with van der Waals surface area (Å²) in [4.78, 5) is 26.6. The van der Waals surface area contributed by atoms with Crippen molar-refractivity contribution in [3.05, 3.63) is 70.3 Å². The number of hydrogen-bond donors (Lipinski definition) is 1. The molecule has 1 aliphatic carbocycles. The van der Waals surface area contributed by atoms with Crippen LogP contribution in [0.15, 0.2) is 42.5 Å². The molecule has 0 unspecified atom stereocenters. The third-order valence-corrected chi connectivity index (χ3v) is 5.54. The molecule has 0 radical (unpaired) electrons. The first-order chi connectivity index (χ1) is 12.0. The second kappa shape index (κ2) is 5.81. The predicted octanol–water partition coefficient (Wildman–Crippen LogP) is 2.47. The van der Waals surface area contributed by atoms with Gasteiger partial charge in [0.1, 0.15) is 0 Å². The molecule has 2 aromatic rings. The number of nitrogens with zero attached hydrogens (tertiary/aromatic N) is 1. The van der Waals surface area contributed by atoms with E-state index in [1.165, 1.54) is 11.9 Å². The van der Waals surface area contributed by atoms with E-state index in [4.69, 9.17) is 0 Å². The fraction of sp³-hybridized carbons (Fsp3) is 0.333. The number of aliphatic hydroxyl groups excluding tert-OH is 1. The van der Waals surface area contributed by atoms with Gasteiger partial charge in [0.05, 0.1) is 12.0 Å². The van der Waals surface area contributed by atoms with E-state index in [1.54, 1.807) is 6.07 Å². The number of rotatable bonds is 2. The Morgan fingerprint density at radius 1 is 1.16 bits per heavy atom. The van der Waals surface area contributed by atoms with Crippen LogP contribution in [0.1, 0.15) is 38.5 Å². The minimum atomic E-state index is -0.598. The van der Waals surface area contributed by atoms with Crippen LogP contribution in [0.25, 0.3) is 0 Å². The van der Waals surface area contributed by atoms with Crippen molar-refractivity contribution < 1.29 is 14.7 Å². The van der Waals surface area contributed by atoms with Crippen LogP contribution in [0.4, 0.5) is 0 Å². The summed E-state index contributed by atoms with van der Waals surface area (Å²) in [7, 11) is 1.53. The van der Waals surface area contributed by atoms with Crippen molar-refractivity contribution in [1.29, 1.82) is 0 Å². The van der Waals surface area contributed by atoms with Gasteiger partial charge in [0, 0.05) is 18.5 Å². The van der Waals surface area contributed by atoms with Crippen LogP contribution in [-0.4, -0.2) is 35.0 Å². The number of aryl methyl sites for hydroxylation is 1. The van der Waals surface area contributed by atoms with Gasteiger partial charge in [-0.2, -0.15) is 0 Å². The van der Waals surface area contributed by atoms with Gasteiger partial charge in [0.2, 0.25) is 5.91 Å². The van der Waals surface area contributed by atoms with Gasteiger partial charge >= 0.3 is 0 Å². The normalized spacial score (nSPS) is 25.1. The fourth-order valence-electron chi connectivity index (χ4n) is 4.32. The molecule has 2 aliphatic rings. The average molecular weight is 335 g/mol. The standard InChI is InChI=1S/C21H21NO3/c1-12-5-3-6-13(9-12)10-16-17(23)11-14-7-4-8-15-18(14)19(16)21(25)22(2)20(15)24/h3-9,16-17,19,23H,10-11H2,1-2H3/t16-,17+,19-/m1/s1. The fourth-order valence-corrected chi connectivity index (χ4v) is 4.32. The molecule has 1 aliphatic heterocycles. The Kier molecular flexibility index (Phi) is 3.73. The second-order valence-electron chi connectivity index (χ2n) is 7.19. The zero-order valence-corrected chi connectivity index (χ0v) is 14.4. The molecule has 4 nitrogen and oxygen atoms in total. The van der Waals surface area contributed by atoms with E-state index in [0.717, 1.165) is 22.3 Å². The Labute approximate surface area is 147 Å². The first-order valence-corrected chi connectivity index (χ1v) is 8.64. The number of amides is 2. The molecule has 2 aromatic carbocycles. The SMILES string of the molecule is Cc1cccc(C[C@@H]2[C@@H](O)Cc3cccc4c3[C@@H]2C(=O)N(C)C4=O)c1. The Bertz CT molecular complexity index is 873.